The van der Waals surface area contributed by atoms with Gasteiger partial charge in [0.15, 0.2) is 11.6 Å². The van der Waals surface area contributed by atoms with Crippen LogP contribution in [0.4, 0.5) is 4.39 Å². The van der Waals surface area contributed by atoms with Gasteiger partial charge in [0.05, 0.1) is 13.2 Å². The van der Waals surface area contributed by atoms with E-state index in [4.69, 9.17) is 4.74 Å². The zero-order valence-electron chi connectivity index (χ0n) is 10.3. The molecule has 0 aliphatic heterocycles. The van der Waals surface area contributed by atoms with Gasteiger partial charge in [-0.2, -0.15) is 0 Å². The van der Waals surface area contributed by atoms with E-state index in [0.29, 0.717) is 19.6 Å². The molecule has 3 nitrogen and oxygen atoms in total. The lowest BCUT2D eigenvalue weighted by Gasteiger charge is -2.13. The Morgan fingerprint density at radius 1 is 1.47 bits per heavy atom. The number of carbonyl (C=O) groups excluding carboxylic acids is 1. The van der Waals surface area contributed by atoms with Crippen LogP contribution in [-0.4, -0.2) is 37.9 Å². The molecule has 0 amide bonds. The van der Waals surface area contributed by atoms with E-state index < -0.39 is 0 Å². The van der Waals surface area contributed by atoms with Gasteiger partial charge in [-0.15, -0.1) is 0 Å². The molecule has 0 fully saturated rings. The zero-order chi connectivity index (χ0) is 12.7. The normalized spacial score (nSPS) is 10.6. The molecule has 0 aliphatic carbocycles. The number of carbonyl (C=O) groups is 1. The molecule has 0 aromatic heterocycles. The van der Waals surface area contributed by atoms with E-state index in [-0.39, 0.29) is 11.6 Å². The molecule has 0 unspecified atom stereocenters. The maximum Gasteiger partial charge on any atom is 0.165 e. The highest BCUT2D eigenvalue weighted by atomic mass is 19.1. The van der Waals surface area contributed by atoms with Gasteiger partial charge < -0.3 is 9.53 Å². The summed E-state index contributed by atoms with van der Waals surface area (Å²) in [7, 11) is 1.86. The largest absolute Gasteiger partial charge is 0.491 e. The van der Waals surface area contributed by atoms with Crippen molar-refractivity contribution in [1.29, 1.82) is 0 Å². The summed E-state index contributed by atoms with van der Waals surface area (Å²) in [5.41, 5.74) is 0.906. The second-order valence-corrected chi connectivity index (χ2v) is 3.88. The molecule has 0 heterocycles. The van der Waals surface area contributed by atoms with Crippen molar-refractivity contribution in [3.05, 3.63) is 29.6 Å². The monoisotopic (exact) mass is 239 g/mol. The highest BCUT2D eigenvalue weighted by Crippen LogP contribution is 2.18. The first-order chi connectivity index (χ1) is 8.17. The minimum absolute atomic E-state index is 0.289. The first-order valence-electron chi connectivity index (χ1n) is 5.70. The Kier molecular flexibility index (Phi) is 5.63. The molecule has 17 heavy (non-hydrogen) atoms. The minimum Gasteiger partial charge on any atom is -0.491 e. The van der Waals surface area contributed by atoms with E-state index in [1.165, 1.54) is 6.07 Å². The van der Waals surface area contributed by atoms with Crippen molar-refractivity contribution in [3.63, 3.8) is 0 Å². The lowest BCUT2D eigenvalue weighted by Crippen LogP contribution is -2.23. The summed E-state index contributed by atoms with van der Waals surface area (Å²) in [4.78, 5) is 12.2. The van der Waals surface area contributed by atoms with E-state index >= 15 is 0 Å². The number of likely N-dealkylation sites (N-methyl/N-ethyl adjacent to an activating group) is 1. The fourth-order valence-electron chi connectivity index (χ4n) is 1.51. The van der Waals surface area contributed by atoms with Crippen LogP contribution in [0.1, 0.15) is 12.5 Å². The number of aldehydes is 1. The molecular weight excluding hydrogens is 221 g/mol. The number of benzene rings is 1. The molecule has 0 aliphatic rings. The lowest BCUT2D eigenvalue weighted by molar-refractivity contribution is -0.108. The first-order valence-corrected chi connectivity index (χ1v) is 5.70. The van der Waals surface area contributed by atoms with Crippen LogP contribution in [0.3, 0.4) is 0 Å². The maximum absolute atomic E-state index is 13.5. The molecule has 0 saturated heterocycles. The molecule has 1 aromatic rings. The highest BCUT2D eigenvalue weighted by Gasteiger charge is 2.05. The van der Waals surface area contributed by atoms with E-state index in [2.05, 4.69) is 0 Å². The van der Waals surface area contributed by atoms with Crippen LogP contribution in [0, 0.1) is 5.82 Å². The third-order valence-electron chi connectivity index (χ3n) is 2.46. The van der Waals surface area contributed by atoms with Crippen molar-refractivity contribution in [1.82, 2.24) is 4.90 Å². The van der Waals surface area contributed by atoms with Crippen molar-refractivity contribution in [3.8, 4) is 5.75 Å². The van der Waals surface area contributed by atoms with Gasteiger partial charge in [-0.3, -0.25) is 4.90 Å². The molecule has 94 valence electrons. The van der Waals surface area contributed by atoms with Gasteiger partial charge >= 0.3 is 0 Å². The van der Waals surface area contributed by atoms with E-state index in [1.54, 1.807) is 6.07 Å². The van der Waals surface area contributed by atoms with Gasteiger partial charge in [-0.05, 0) is 38.1 Å². The molecule has 4 heteroatoms. The zero-order valence-corrected chi connectivity index (χ0v) is 10.3. The van der Waals surface area contributed by atoms with E-state index in [0.717, 1.165) is 18.4 Å². The lowest BCUT2D eigenvalue weighted by atomic mass is 10.1. The van der Waals surface area contributed by atoms with Crippen LogP contribution < -0.4 is 4.74 Å². The minimum atomic E-state index is -0.331. The molecule has 0 spiro atoms. The van der Waals surface area contributed by atoms with E-state index in [1.807, 2.05) is 24.9 Å². The molecule has 0 radical (unpaired) electrons. The Hall–Kier alpha value is -1.42. The predicted molar refractivity (Wildman–Crippen MR) is 64.8 cm³/mol. The Labute approximate surface area is 101 Å². The van der Waals surface area contributed by atoms with Gasteiger partial charge in [-0.1, -0.05) is 6.07 Å². The predicted octanol–water partition coefficient (Wildman–Crippen LogP) is 1.90. The van der Waals surface area contributed by atoms with Gasteiger partial charge in [-0.25, -0.2) is 4.39 Å². The van der Waals surface area contributed by atoms with Gasteiger partial charge in [0.2, 0.25) is 0 Å². The van der Waals surface area contributed by atoms with Crippen LogP contribution >= 0.6 is 0 Å². The SMILES string of the molecule is CCOc1ccc(CCN(C)CC=O)cc1F. The molecule has 0 N–H and O–H groups in total. The topological polar surface area (TPSA) is 29.5 Å². The van der Waals surface area contributed by atoms with Crippen LogP contribution in [0.2, 0.25) is 0 Å². The number of hydrogen-bond donors (Lipinski definition) is 0. The van der Waals surface area contributed by atoms with Crippen molar-refractivity contribution in [2.24, 2.45) is 0 Å². The van der Waals surface area contributed by atoms with Crippen LogP contribution in [0.5, 0.6) is 5.75 Å². The summed E-state index contributed by atoms with van der Waals surface area (Å²) >= 11 is 0. The number of hydrogen-bond acceptors (Lipinski definition) is 3. The first kappa shape index (κ1) is 13.6. The summed E-state index contributed by atoms with van der Waals surface area (Å²) in [6.45, 7) is 3.41. The van der Waals surface area contributed by atoms with Crippen LogP contribution in [0.25, 0.3) is 0 Å². The molecular formula is C13H18FNO2. The molecule has 1 rings (SSSR count). The number of ether oxygens (including phenoxy) is 1. The summed E-state index contributed by atoms with van der Waals surface area (Å²) in [5.74, 6) is -0.0418. The van der Waals surface area contributed by atoms with Crippen molar-refractivity contribution in [2.45, 2.75) is 13.3 Å². The third kappa shape index (κ3) is 4.53. The quantitative estimate of drug-likeness (QED) is 0.681. The summed E-state index contributed by atoms with van der Waals surface area (Å²) in [6.07, 6.45) is 1.58. The van der Waals surface area contributed by atoms with Gasteiger partial charge in [0.25, 0.3) is 0 Å². The van der Waals surface area contributed by atoms with Crippen molar-refractivity contribution in [2.75, 3.05) is 26.7 Å². The van der Waals surface area contributed by atoms with Crippen molar-refractivity contribution >= 4 is 6.29 Å². The van der Waals surface area contributed by atoms with Crippen molar-refractivity contribution < 1.29 is 13.9 Å². The van der Waals surface area contributed by atoms with Crippen LogP contribution in [-0.2, 0) is 11.2 Å². The Morgan fingerprint density at radius 3 is 2.82 bits per heavy atom. The fourth-order valence-corrected chi connectivity index (χ4v) is 1.51. The molecule has 0 atom stereocenters. The number of halogens is 1. The van der Waals surface area contributed by atoms with Crippen LogP contribution in [0.15, 0.2) is 18.2 Å². The average molecular weight is 239 g/mol. The maximum atomic E-state index is 13.5. The number of nitrogens with zero attached hydrogens (tertiary/aromatic N) is 1. The molecule has 0 bridgehead atoms. The Bertz CT molecular complexity index is 368. The standard InChI is InChI=1S/C13H18FNO2/c1-3-17-13-5-4-11(10-12(13)14)6-7-15(2)8-9-16/h4-5,9-10H,3,6-8H2,1-2H3. The second kappa shape index (κ2) is 7.01. The van der Waals surface area contributed by atoms with Gasteiger partial charge in [0, 0.05) is 6.54 Å². The number of rotatable bonds is 7. The summed E-state index contributed by atoms with van der Waals surface area (Å²) < 4.78 is 18.6. The molecule has 0 saturated carbocycles. The molecule has 1 aromatic carbocycles. The Balaban J connectivity index is 2.55. The summed E-state index contributed by atoms with van der Waals surface area (Å²) in [6, 6.07) is 4.98. The fraction of sp³-hybridized carbons (Fsp3) is 0.462. The highest BCUT2D eigenvalue weighted by molar-refractivity contribution is 5.51. The smallest absolute Gasteiger partial charge is 0.165 e. The van der Waals surface area contributed by atoms with E-state index in [9.17, 15) is 9.18 Å². The van der Waals surface area contributed by atoms with Gasteiger partial charge in [0.1, 0.15) is 6.29 Å². The Morgan fingerprint density at radius 2 is 2.24 bits per heavy atom. The summed E-state index contributed by atoms with van der Waals surface area (Å²) in [5, 5.41) is 0. The second-order valence-electron chi connectivity index (χ2n) is 3.88. The third-order valence-corrected chi connectivity index (χ3v) is 2.46. The average Bonchev–Trinajstić information content (AvgIpc) is 2.30.